The van der Waals surface area contributed by atoms with Gasteiger partial charge in [-0.2, -0.15) is 0 Å². The quantitative estimate of drug-likeness (QED) is 0.911. The van der Waals surface area contributed by atoms with Crippen LogP contribution in [-0.4, -0.2) is 22.0 Å². The SMILES string of the molecule is O=C(O)c1cc(Br)cc(NC(=O)c2cccnc2)c1. The van der Waals surface area contributed by atoms with Gasteiger partial charge in [-0.15, -0.1) is 0 Å². The molecule has 0 aliphatic heterocycles. The van der Waals surface area contributed by atoms with Crippen LogP contribution in [-0.2, 0) is 0 Å². The minimum Gasteiger partial charge on any atom is -0.478 e. The molecule has 2 N–H and O–H groups in total. The number of aromatic nitrogens is 1. The topological polar surface area (TPSA) is 79.3 Å². The number of amides is 1. The van der Waals surface area contributed by atoms with Crippen LogP contribution >= 0.6 is 15.9 Å². The predicted molar refractivity (Wildman–Crippen MR) is 73.3 cm³/mol. The summed E-state index contributed by atoms with van der Waals surface area (Å²) in [5, 5.41) is 11.6. The van der Waals surface area contributed by atoms with E-state index in [2.05, 4.69) is 26.2 Å². The van der Waals surface area contributed by atoms with Gasteiger partial charge >= 0.3 is 5.97 Å². The van der Waals surface area contributed by atoms with Crippen molar-refractivity contribution in [1.82, 2.24) is 4.98 Å². The van der Waals surface area contributed by atoms with E-state index in [1.54, 1.807) is 24.4 Å². The second-order valence-corrected chi connectivity index (χ2v) is 4.65. The minimum absolute atomic E-state index is 0.0934. The predicted octanol–water partition coefficient (Wildman–Crippen LogP) is 2.79. The van der Waals surface area contributed by atoms with Gasteiger partial charge in [-0.1, -0.05) is 15.9 Å². The molecule has 0 radical (unpaired) electrons. The van der Waals surface area contributed by atoms with Crippen LogP contribution in [0.4, 0.5) is 5.69 Å². The van der Waals surface area contributed by atoms with E-state index in [1.807, 2.05) is 0 Å². The highest BCUT2D eigenvalue weighted by Gasteiger charge is 2.09. The number of carboxylic acids is 1. The van der Waals surface area contributed by atoms with Gasteiger partial charge in [0.1, 0.15) is 0 Å². The number of pyridine rings is 1. The highest BCUT2D eigenvalue weighted by atomic mass is 79.9. The third kappa shape index (κ3) is 3.38. The van der Waals surface area contributed by atoms with Gasteiger partial charge in [-0.05, 0) is 30.3 Å². The number of carbonyl (C=O) groups excluding carboxylic acids is 1. The zero-order chi connectivity index (χ0) is 13.8. The Bertz CT molecular complexity index is 629. The van der Waals surface area contributed by atoms with E-state index in [0.717, 1.165) is 0 Å². The molecule has 2 aromatic rings. The number of halogens is 1. The van der Waals surface area contributed by atoms with Gasteiger partial charge in [-0.3, -0.25) is 9.78 Å². The number of rotatable bonds is 3. The first-order valence-corrected chi connectivity index (χ1v) is 6.11. The molecule has 5 nitrogen and oxygen atoms in total. The standard InChI is InChI=1S/C13H9BrN2O3/c14-10-4-9(13(18)19)5-11(6-10)16-12(17)8-2-1-3-15-7-8/h1-7H,(H,16,17)(H,18,19). The smallest absolute Gasteiger partial charge is 0.335 e. The lowest BCUT2D eigenvalue weighted by Gasteiger charge is -2.06. The van der Waals surface area contributed by atoms with E-state index in [4.69, 9.17) is 5.11 Å². The summed E-state index contributed by atoms with van der Waals surface area (Å²) < 4.78 is 0.578. The Labute approximate surface area is 117 Å². The number of hydrogen-bond donors (Lipinski definition) is 2. The van der Waals surface area contributed by atoms with Crippen molar-refractivity contribution in [2.75, 3.05) is 5.32 Å². The normalized spacial score (nSPS) is 9.95. The second kappa shape index (κ2) is 5.62. The Kier molecular flexibility index (Phi) is 3.91. The molecule has 19 heavy (non-hydrogen) atoms. The van der Waals surface area contributed by atoms with Crippen molar-refractivity contribution in [3.8, 4) is 0 Å². The van der Waals surface area contributed by atoms with Gasteiger partial charge in [0.15, 0.2) is 0 Å². The van der Waals surface area contributed by atoms with Crippen LogP contribution in [0, 0.1) is 0 Å². The zero-order valence-electron chi connectivity index (χ0n) is 9.63. The number of nitrogens with one attached hydrogen (secondary N) is 1. The lowest BCUT2D eigenvalue weighted by atomic mass is 10.2. The highest BCUT2D eigenvalue weighted by molar-refractivity contribution is 9.10. The highest BCUT2D eigenvalue weighted by Crippen LogP contribution is 2.20. The monoisotopic (exact) mass is 320 g/mol. The second-order valence-electron chi connectivity index (χ2n) is 3.73. The summed E-state index contributed by atoms with van der Waals surface area (Å²) in [5.74, 6) is -1.40. The van der Waals surface area contributed by atoms with E-state index in [0.29, 0.717) is 15.7 Å². The maximum absolute atomic E-state index is 11.9. The molecule has 0 aliphatic rings. The number of hydrogen-bond acceptors (Lipinski definition) is 3. The van der Waals surface area contributed by atoms with Crippen molar-refractivity contribution in [1.29, 1.82) is 0 Å². The Hall–Kier alpha value is -2.21. The third-order valence-electron chi connectivity index (χ3n) is 2.33. The molecule has 1 amide bonds. The van der Waals surface area contributed by atoms with E-state index in [-0.39, 0.29) is 11.5 Å². The summed E-state index contributed by atoms with van der Waals surface area (Å²) >= 11 is 3.20. The molecule has 0 atom stereocenters. The third-order valence-corrected chi connectivity index (χ3v) is 2.78. The van der Waals surface area contributed by atoms with Crippen molar-refractivity contribution in [2.45, 2.75) is 0 Å². The lowest BCUT2D eigenvalue weighted by molar-refractivity contribution is 0.0696. The zero-order valence-corrected chi connectivity index (χ0v) is 11.2. The molecule has 1 heterocycles. The van der Waals surface area contributed by atoms with E-state index < -0.39 is 5.97 Å². The fourth-order valence-corrected chi connectivity index (χ4v) is 1.98. The maximum atomic E-state index is 11.9. The maximum Gasteiger partial charge on any atom is 0.335 e. The van der Waals surface area contributed by atoms with Crippen molar-refractivity contribution in [2.24, 2.45) is 0 Å². The average Bonchev–Trinajstić information content (AvgIpc) is 2.39. The fourth-order valence-electron chi connectivity index (χ4n) is 1.49. The molecule has 1 aromatic carbocycles. The number of carbonyl (C=O) groups is 2. The van der Waals surface area contributed by atoms with Crippen molar-refractivity contribution in [3.05, 3.63) is 58.3 Å². The number of benzene rings is 1. The summed E-state index contributed by atoms with van der Waals surface area (Å²) in [5.41, 5.74) is 0.899. The summed E-state index contributed by atoms with van der Waals surface area (Å²) in [6, 6.07) is 7.75. The van der Waals surface area contributed by atoms with Crippen molar-refractivity contribution >= 4 is 33.5 Å². The van der Waals surface area contributed by atoms with Gasteiger partial charge in [0, 0.05) is 22.6 Å². The Balaban J connectivity index is 2.24. The van der Waals surface area contributed by atoms with E-state index in [1.165, 1.54) is 18.3 Å². The summed E-state index contributed by atoms with van der Waals surface area (Å²) in [4.78, 5) is 26.7. The van der Waals surface area contributed by atoms with Crippen LogP contribution in [0.2, 0.25) is 0 Å². The van der Waals surface area contributed by atoms with Gasteiger partial charge < -0.3 is 10.4 Å². The summed E-state index contributed by atoms with van der Waals surface area (Å²) in [7, 11) is 0. The summed E-state index contributed by atoms with van der Waals surface area (Å²) in [6.45, 7) is 0. The average molecular weight is 321 g/mol. The molecule has 0 saturated carbocycles. The van der Waals surface area contributed by atoms with Gasteiger partial charge in [-0.25, -0.2) is 4.79 Å². The first kappa shape index (κ1) is 13.2. The number of anilines is 1. The molecular formula is C13H9BrN2O3. The first-order chi connectivity index (χ1) is 9.06. The van der Waals surface area contributed by atoms with E-state index in [9.17, 15) is 9.59 Å². The molecule has 1 aromatic heterocycles. The molecule has 0 fully saturated rings. The Morgan fingerprint density at radius 2 is 2.00 bits per heavy atom. The first-order valence-electron chi connectivity index (χ1n) is 5.31. The van der Waals surface area contributed by atoms with Crippen molar-refractivity contribution in [3.63, 3.8) is 0 Å². The molecule has 96 valence electrons. The molecule has 2 rings (SSSR count). The van der Waals surface area contributed by atoms with Crippen LogP contribution in [0.1, 0.15) is 20.7 Å². The molecule has 6 heteroatoms. The largest absolute Gasteiger partial charge is 0.478 e. The Morgan fingerprint density at radius 3 is 2.63 bits per heavy atom. The van der Waals surface area contributed by atoms with Gasteiger partial charge in [0.25, 0.3) is 5.91 Å². The molecule has 0 aliphatic carbocycles. The molecule has 0 spiro atoms. The van der Waals surface area contributed by atoms with Crippen LogP contribution in [0.15, 0.2) is 47.2 Å². The van der Waals surface area contributed by atoms with Crippen LogP contribution in [0.3, 0.4) is 0 Å². The molecule has 0 unspecified atom stereocenters. The van der Waals surface area contributed by atoms with Crippen molar-refractivity contribution < 1.29 is 14.7 Å². The number of carboxylic acid groups (broad SMARTS) is 1. The van der Waals surface area contributed by atoms with E-state index >= 15 is 0 Å². The Morgan fingerprint density at radius 1 is 1.21 bits per heavy atom. The summed E-state index contributed by atoms with van der Waals surface area (Å²) in [6.07, 6.45) is 3.00. The van der Waals surface area contributed by atoms with Crippen LogP contribution in [0.5, 0.6) is 0 Å². The molecular weight excluding hydrogens is 312 g/mol. The lowest BCUT2D eigenvalue weighted by Crippen LogP contribution is -2.12. The van der Waals surface area contributed by atoms with Crippen LogP contribution < -0.4 is 5.32 Å². The van der Waals surface area contributed by atoms with Gasteiger partial charge in [0.2, 0.25) is 0 Å². The van der Waals surface area contributed by atoms with Crippen LogP contribution in [0.25, 0.3) is 0 Å². The molecule has 0 saturated heterocycles. The molecule has 0 bridgehead atoms. The minimum atomic E-state index is -1.06. The fraction of sp³-hybridized carbons (Fsp3) is 0. The van der Waals surface area contributed by atoms with Gasteiger partial charge in [0.05, 0.1) is 11.1 Å². The number of nitrogens with zero attached hydrogens (tertiary/aromatic N) is 1. The number of aromatic carboxylic acids is 1.